The number of hydrogen-bond acceptors (Lipinski definition) is 4. The zero-order valence-electron chi connectivity index (χ0n) is 33.8. The molecular formula is C44H58IrNO2S-. The molecule has 0 bridgehead atoms. The summed E-state index contributed by atoms with van der Waals surface area (Å²) in [6.07, 6.45) is 6.73. The van der Waals surface area contributed by atoms with E-state index in [1.165, 1.54) is 33.0 Å². The average Bonchev–Trinajstić information content (AvgIpc) is 3.02. The molecular weight excluding hydrogens is 799 g/mol. The number of aromatic nitrogens is 1. The van der Waals surface area contributed by atoms with Crippen LogP contribution in [0.1, 0.15) is 121 Å². The first-order chi connectivity index (χ1) is 23.2. The molecule has 0 atom stereocenters. The second-order valence-corrected chi connectivity index (χ2v) is 17.4. The maximum Gasteiger partial charge on any atom is 0.162 e. The Balaban J connectivity index is 0.000000353. The predicted octanol–water partition coefficient (Wildman–Crippen LogP) is 13.1. The summed E-state index contributed by atoms with van der Waals surface area (Å²) < 4.78 is 17.2. The number of aliphatic hydroxyl groups excluding tert-OH is 1. The van der Waals surface area contributed by atoms with E-state index in [2.05, 4.69) is 89.8 Å². The maximum absolute atomic E-state index is 11.9. The third-order valence-corrected chi connectivity index (χ3v) is 11.0. The van der Waals surface area contributed by atoms with Gasteiger partial charge in [-0.1, -0.05) is 116 Å². The molecule has 2 heterocycles. The van der Waals surface area contributed by atoms with Gasteiger partial charge in [0.15, 0.2) is 5.78 Å². The average molecular weight is 859 g/mol. The van der Waals surface area contributed by atoms with E-state index in [0.717, 1.165) is 70.8 Å². The number of rotatable bonds is 9. The smallest absolute Gasteiger partial charge is 0.162 e. The fourth-order valence-electron chi connectivity index (χ4n) is 6.51. The Morgan fingerprint density at radius 2 is 1.61 bits per heavy atom. The number of pyridine rings is 1. The number of carbonyl (C=O) groups is 1. The first-order valence-corrected chi connectivity index (χ1v) is 18.6. The molecule has 5 heteroatoms. The van der Waals surface area contributed by atoms with Gasteiger partial charge in [0, 0.05) is 54.3 Å². The number of benzene rings is 3. The molecule has 0 saturated heterocycles. The van der Waals surface area contributed by atoms with Gasteiger partial charge in [-0.05, 0) is 89.6 Å². The van der Waals surface area contributed by atoms with Crippen molar-refractivity contribution >= 4 is 39.1 Å². The van der Waals surface area contributed by atoms with E-state index in [1.807, 2.05) is 34.6 Å². The molecule has 0 unspecified atom stereocenters. The minimum absolute atomic E-state index is 0. The fourth-order valence-corrected chi connectivity index (χ4v) is 7.80. The van der Waals surface area contributed by atoms with Crippen molar-refractivity contribution < 1.29 is 32.7 Å². The third kappa shape index (κ3) is 9.66. The van der Waals surface area contributed by atoms with Crippen LogP contribution in [0.25, 0.3) is 32.8 Å². The van der Waals surface area contributed by atoms with E-state index >= 15 is 0 Å². The second kappa shape index (κ2) is 16.3. The Kier molecular flexibility index (Phi) is 12.5. The Hall–Kier alpha value is -2.46. The number of fused-ring (bicyclic) bond motifs is 3. The van der Waals surface area contributed by atoms with Gasteiger partial charge < -0.3 is 5.11 Å². The Labute approximate surface area is 317 Å². The number of hydrogen-bond donors (Lipinski definition) is 1. The molecule has 4 aromatic rings. The molecule has 267 valence electrons. The van der Waals surface area contributed by atoms with E-state index in [0.29, 0.717) is 0 Å². The van der Waals surface area contributed by atoms with Crippen molar-refractivity contribution in [3.63, 3.8) is 0 Å². The van der Waals surface area contributed by atoms with Crippen LogP contribution in [0.4, 0.5) is 0 Å². The van der Waals surface area contributed by atoms with E-state index in [-0.39, 0.29) is 66.0 Å². The number of aliphatic hydroxyl groups is 1. The number of aryl methyl sites for hydroxylation is 1. The van der Waals surface area contributed by atoms with E-state index < -0.39 is 0 Å². The van der Waals surface area contributed by atoms with Gasteiger partial charge in [-0.2, -0.15) is 0 Å². The van der Waals surface area contributed by atoms with Crippen LogP contribution in [0.5, 0.6) is 0 Å². The maximum atomic E-state index is 11.9. The van der Waals surface area contributed by atoms with Gasteiger partial charge in [0.2, 0.25) is 0 Å². The summed E-state index contributed by atoms with van der Waals surface area (Å²) in [5.41, 5.74) is 5.56. The molecule has 0 saturated carbocycles. The largest absolute Gasteiger partial charge is 0.512 e. The summed E-state index contributed by atoms with van der Waals surface area (Å²) >= 11 is 1.80. The van der Waals surface area contributed by atoms with Crippen LogP contribution in [0.2, 0.25) is 0 Å². The molecule has 1 aromatic heterocycles. The molecule has 5 rings (SSSR count). The summed E-state index contributed by atoms with van der Waals surface area (Å²) in [6.45, 7) is 25.8. The normalized spacial score (nSPS) is 13.8. The topological polar surface area (TPSA) is 50.2 Å². The number of ketones is 1. The van der Waals surface area contributed by atoms with Crippen molar-refractivity contribution in [1.29, 1.82) is 0 Å². The summed E-state index contributed by atoms with van der Waals surface area (Å²) in [5.74, 6) is 0.366. The van der Waals surface area contributed by atoms with Crippen LogP contribution >= 0.6 is 11.8 Å². The Bertz CT molecular complexity index is 1930. The van der Waals surface area contributed by atoms with Crippen molar-refractivity contribution in [3.05, 3.63) is 77.1 Å². The zero-order valence-corrected chi connectivity index (χ0v) is 35.0. The van der Waals surface area contributed by atoms with Gasteiger partial charge in [-0.25, -0.2) is 0 Å². The van der Waals surface area contributed by atoms with Gasteiger partial charge in [0.05, 0.1) is 2.74 Å². The minimum atomic E-state index is -0.248. The quantitative estimate of drug-likeness (QED) is 0.0911. The van der Waals surface area contributed by atoms with Crippen molar-refractivity contribution in [2.75, 3.05) is 0 Å². The summed E-state index contributed by atoms with van der Waals surface area (Å²) in [7, 11) is 0. The summed E-state index contributed by atoms with van der Waals surface area (Å²) in [4.78, 5) is 18.9. The molecule has 49 heavy (non-hydrogen) atoms. The van der Waals surface area contributed by atoms with Gasteiger partial charge in [0.25, 0.3) is 0 Å². The van der Waals surface area contributed by atoms with Crippen molar-refractivity contribution in [1.82, 2.24) is 4.98 Å². The molecule has 0 spiro atoms. The first-order valence-electron chi connectivity index (χ1n) is 18.8. The second-order valence-electron chi connectivity index (χ2n) is 16.4. The van der Waals surface area contributed by atoms with Crippen LogP contribution in [-0.4, -0.2) is 15.9 Å². The van der Waals surface area contributed by atoms with Crippen LogP contribution in [0.3, 0.4) is 0 Å². The van der Waals surface area contributed by atoms with Crippen LogP contribution in [0.15, 0.2) is 64.2 Å². The monoisotopic (exact) mass is 859 g/mol. The van der Waals surface area contributed by atoms with E-state index in [1.54, 1.807) is 11.8 Å². The SMILES string of the molecule is CCC(CC)C(=O)/C=C(\O)C(C)(CC)CC.[2H]c1nc2c3c(cc(CC(C)(C)C)cc3c1[2H])Sc1c-2[c-]c2cc(C)ccc2c1CC(C)(C)C.[Ir]. The van der Waals surface area contributed by atoms with Crippen LogP contribution in [0, 0.1) is 35.2 Å². The van der Waals surface area contributed by atoms with Gasteiger partial charge in [0.1, 0.15) is 5.76 Å². The van der Waals surface area contributed by atoms with Gasteiger partial charge in [-0.3, -0.25) is 9.78 Å². The number of carbonyl (C=O) groups excluding carboxylic acids is 1. The van der Waals surface area contributed by atoms with Crippen LogP contribution < -0.4 is 0 Å². The summed E-state index contributed by atoms with van der Waals surface area (Å²) in [5, 5.41) is 14.2. The fraction of sp³-hybridized carbons (Fsp3) is 0.500. The molecule has 0 amide bonds. The molecule has 0 fully saturated rings. The van der Waals surface area contributed by atoms with Gasteiger partial charge in [-0.15, -0.1) is 29.3 Å². The van der Waals surface area contributed by atoms with Crippen molar-refractivity contribution in [3.8, 4) is 11.3 Å². The molecule has 3 nitrogen and oxygen atoms in total. The number of allylic oxidation sites excluding steroid dienone is 2. The zero-order chi connectivity index (χ0) is 37.3. The molecule has 1 aliphatic heterocycles. The predicted molar refractivity (Wildman–Crippen MR) is 207 cm³/mol. The van der Waals surface area contributed by atoms with E-state index in [4.69, 9.17) is 2.74 Å². The third-order valence-electron chi connectivity index (χ3n) is 9.75. The summed E-state index contributed by atoms with van der Waals surface area (Å²) in [6, 6.07) is 14.9. The van der Waals surface area contributed by atoms with Crippen molar-refractivity contribution in [2.24, 2.45) is 22.2 Å². The number of nitrogens with zero attached hydrogens (tertiary/aromatic N) is 1. The first kappa shape index (κ1) is 37.8. The minimum Gasteiger partial charge on any atom is -0.512 e. The molecule has 3 aromatic carbocycles. The van der Waals surface area contributed by atoms with Crippen molar-refractivity contribution in [2.45, 2.75) is 131 Å². The Morgan fingerprint density at radius 1 is 0.980 bits per heavy atom. The van der Waals surface area contributed by atoms with E-state index in [9.17, 15) is 9.90 Å². The molecule has 0 aliphatic carbocycles. The van der Waals surface area contributed by atoms with Crippen LogP contribution in [-0.2, 0) is 37.7 Å². The molecule has 1 N–H and O–H groups in total. The molecule has 1 aliphatic rings. The molecule has 1 radical (unpaired) electrons. The Morgan fingerprint density at radius 3 is 2.18 bits per heavy atom. The standard InChI is InChI=1S/C30H32NS.C14H26O2.Ir/c1-18-8-9-22-21(12-18)15-23-27-26-20(10-11-31-27)13-19(16-29(2,3)4)14-25(26)32-28(23)24(22)17-30(5,6)7;1-6-11(7-2)12(15)10-13(16)14(5,8-3)9-4;/h8-14H,16-17H2,1-7H3;10-11,16H,6-9H2,1-5H3;/q-1;;/b;13-10-;/i10D,11D;;. The van der Waals surface area contributed by atoms with Gasteiger partial charge >= 0.3 is 0 Å².